The lowest BCUT2D eigenvalue weighted by molar-refractivity contribution is 0.209. The van der Waals surface area contributed by atoms with Crippen molar-refractivity contribution in [1.29, 1.82) is 0 Å². The van der Waals surface area contributed by atoms with E-state index in [1.54, 1.807) is 0 Å². The summed E-state index contributed by atoms with van der Waals surface area (Å²) in [5.74, 6) is 0. The van der Waals surface area contributed by atoms with Crippen LogP contribution >= 0.6 is 0 Å². The van der Waals surface area contributed by atoms with E-state index >= 15 is 0 Å². The molecule has 0 aliphatic rings. The number of hydrogen-bond acceptors (Lipinski definition) is 2. The molecule has 0 aliphatic carbocycles. The van der Waals surface area contributed by atoms with Gasteiger partial charge in [0, 0.05) is 15.6 Å². The maximum Gasteiger partial charge on any atom is 0.200 e. The lowest BCUT2D eigenvalue weighted by atomic mass is 10.5. The molecule has 0 aromatic heterocycles. The second kappa shape index (κ2) is 20.7. The van der Waals surface area contributed by atoms with E-state index in [2.05, 4.69) is 152 Å². The molecule has 0 spiro atoms. The molecule has 0 fully saturated rings. The van der Waals surface area contributed by atoms with Crippen molar-refractivity contribution in [2.75, 3.05) is 0 Å². The van der Waals surface area contributed by atoms with Gasteiger partial charge in [-0.3, -0.25) is 0 Å². The maximum atomic E-state index is 7.02. The Bertz CT molecular complexity index is 525. The molecule has 0 amide bonds. The highest BCUT2D eigenvalue weighted by Crippen LogP contribution is 2.45. The van der Waals surface area contributed by atoms with Gasteiger partial charge in [-0.15, -0.1) is 0 Å². The van der Waals surface area contributed by atoms with Gasteiger partial charge < -0.3 is 8.54 Å². The number of rotatable bonds is 14. The average Bonchev–Trinajstić information content (AvgIpc) is 2.70. The Morgan fingerprint density at radius 2 is 0.667 bits per heavy atom. The SMILES string of the molecule is CC(C)O[Si](C(C)C)(C(C)C)C(C)C.CC(C)[SiH2]C(C)C.CC(C)[SiH](O[Si](C(C)C)(C(C)C)C(C)C)C(C)C. The summed E-state index contributed by atoms with van der Waals surface area (Å²) in [5, 5.41) is 0. The van der Waals surface area contributed by atoms with E-state index in [0.717, 1.165) is 22.2 Å². The molecule has 0 unspecified atom stereocenters. The summed E-state index contributed by atoms with van der Waals surface area (Å²) < 4.78 is 13.4. The number of hydrogen-bond donors (Lipinski definition) is 0. The molecule has 0 saturated carbocycles. The fourth-order valence-corrected chi connectivity index (χ4v) is 27.8. The smallest absolute Gasteiger partial charge is 0.200 e. The molecule has 0 bridgehead atoms. The van der Waals surface area contributed by atoms with Crippen LogP contribution < -0.4 is 0 Å². The van der Waals surface area contributed by atoms with E-state index in [1.807, 2.05) is 0 Å². The maximum absolute atomic E-state index is 7.02. The largest absolute Gasteiger partial charge is 0.456 e. The van der Waals surface area contributed by atoms with Gasteiger partial charge in [-0.05, 0) is 58.2 Å². The fraction of sp³-hybridized carbons (Fsp3) is 1.00. The molecule has 0 rings (SSSR count). The van der Waals surface area contributed by atoms with Gasteiger partial charge in [0.05, 0.1) is 0 Å². The standard InChI is InChI=1S/C15H36OSi2.C12H28OSi.C6H16Si/c1-11(2)17(12(3)4)16-18(13(5)6,14(7)8)15(9)10;1-9(2)13-14(10(3)4,11(5)6)12(7)8;1-5(2)7-6(3)4/h11-15,17H,1-10H3;9-12H,1-8H3;5-6H,7H2,1-4H3. The Balaban J connectivity index is -0.000000546. The van der Waals surface area contributed by atoms with Crippen LogP contribution in [0.25, 0.3) is 0 Å². The minimum Gasteiger partial charge on any atom is -0.456 e. The summed E-state index contributed by atoms with van der Waals surface area (Å²) in [7, 11) is -4.08. The molecule has 0 N–H and O–H groups in total. The van der Waals surface area contributed by atoms with E-state index in [1.165, 1.54) is 0 Å². The van der Waals surface area contributed by atoms with Crippen LogP contribution in [-0.2, 0) is 8.54 Å². The quantitative estimate of drug-likeness (QED) is 0.180. The molecule has 2 nitrogen and oxygen atoms in total. The first-order chi connectivity index (χ1) is 17.4. The van der Waals surface area contributed by atoms with E-state index in [9.17, 15) is 0 Å². The third kappa shape index (κ3) is 15.2. The zero-order chi connectivity index (χ0) is 32.0. The zero-order valence-electron chi connectivity index (χ0n) is 31.5. The normalized spacial score (nSPS) is 13.4. The Hall–Kier alpha value is 0.788. The van der Waals surface area contributed by atoms with Gasteiger partial charge in [-0.1, -0.05) is 150 Å². The Morgan fingerprint density at radius 1 is 0.410 bits per heavy atom. The predicted octanol–water partition coefficient (Wildman–Crippen LogP) is 12.1. The summed E-state index contributed by atoms with van der Waals surface area (Å²) in [6, 6.07) is 0. The fourth-order valence-electron chi connectivity index (χ4n) is 7.45. The Morgan fingerprint density at radius 3 is 0.769 bits per heavy atom. The van der Waals surface area contributed by atoms with Gasteiger partial charge in [0.15, 0.2) is 17.4 Å². The van der Waals surface area contributed by atoms with Crippen molar-refractivity contribution in [3.63, 3.8) is 0 Å². The van der Waals surface area contributed by atoms with Crippen LogP contribution in [-0.4, -0.2) is 41.3 Å². The molecular formula is C33H80O2Si4. The highest BCUT2D eigenvalue weighted by atomic mass is 28.4. The monoisotopic (exact) mass is 621 g/mol. The van der Waals surface area contributed by atoms with Crippen molar-refractivity contribution < 1.29 is 8.54 Å². The van der Waals surface area contributed by atoms with E-state index in [-0.39, 0.29) is 9.52 Å². The molecule has 0 radical (unpaired) electrons. The third-order valence-electron chi connectivity index (χ3n) is 8.45. The molecule has 0 aliphatic heterocycles. The minimum atomic E-state index is -1.65. The first-order valence-electron chi connectivity index (χ1n) is 16.8. The van der Waals surface area contributed by atoms with Crippen LogP contribution in [0.1, 0.15) is 152 Å². The van der Waals surface area contributed by atoms with Crippen LogP contribution in [0.5, 0.6) is 0 Å². The molecule has 6 heteroatoms. The van der Waals surface area contributed by atoms with Crippen molar-refractivity contribution in [1.82, 2.24) is 0 Å². The highest BCUT2D eigenvalue weighted by molar-refractivity contribution is 6.83. The first kappa shape index (κ1) is 44.2. The van der Waals surface area contributed by atoms with Crippen molar-refractivity contribution in [3.05, 3.63) is 0 Å². The third-order valence-corrected chi connectivity index (χ3v) is 27.4. The van der Waals surface area contributed by atoms with Crippen LogP contribution in [0, 0.1) is 0 Å². The van der Waals surface area contributed by atoms with Gasteiger partial charge in [0.1, 0.15) is 0 Å². The molecule has 0 saturated heterocycles. The molecule has 0 aromatic rings. The van der Waals surface area contributed by atoms with Gasteiger partial charge in [0.2, 0.25) is 8.32 Å². The highest BCUT2D eigenvalue weighted by Gasteiger charge is 2.47. The lowest BCUT2D eigenvalue weighted by Gasteiger charge is -2.46. The van der Waals surface area contributed by atoms with Crippen LogP contribution in [0.2, 0.25) is 55.4 Å². The molecule has 0 atom stereocenters. The summed E-state index contributed by atoms with van der Waals surface area (Å²) in [4.78, 5) is 0. The van der Waals surface area contributed by atoms with Gasteiger partial charge in [-0.2, -0.15) is 0 Å². The van der Waals surface area contributed by atoms with E-state index in [0.29, 0.717) is 39.4 Å². The molecule has 39 heavy (non-hydrogen) atoms. The summed E-state index contributed by atoms with van der Waals surface area (Å²) in [5.41, 5.74) is 7.75. The van der Waals surface area contributed by atoms with Gasteiger partial charge in [0.25, 0.3) is 0 Å². The second-order valence-corrected chi connectivity index (χ2v) is 34.8. The second-order valence-electron chi connectivity index (χ2n) is 15.9. The Labute approximate surface area is 256 Å². The lowest BCUT2D eigenvalue weighted by Crippen LogP contribution is -2.52. The van der Waals surface area contributed by atoms with Crippen LogP contribution in [0.4, 0.5) is 0 Å². The average molecular weight is 621 g/mol. The first-order valence-corrected chi connectivity index (χ1v) is 24.5. The summed E-state index contributed by atoms with van der Waals surface area (Å²) in [6.07, 6.45) is 0.369. The van der Waals surface area contributed by atoms with E-state index in [4.69, 9.17) is 8.54 Å². The topological polar surface area (TPSA) is 18.5 Å². The van der Waals surface area contributed by atoms with Crippen molar-refractivity contribution >= 4 is 35.2 Å². The van der Waals surface area contributed by atoms with Crippen molar-refractivity contribution in [3.8, 4) is 0 Å². The molecular weight excluding hydrogens is 541 g/mol. The van der Waals surface area contributed by atoms with Gasteiger partial charge >= 0.3 is 0 Å². The van der Waals surface area contributed by atoms with Crippen molar-refractivity contribution in [2.24, 2.45) is 0 Å². The zero-order valence-corrected chi connectivity index (χ0v) is 36.0. The molecule has 0 aromatic carbocycles. The predicted molar refractivity (Wildman–Crippen MR) is 195 cm³/mol. The van der Waals surface area contributed by atoms with Crippen molar-refractivity contribution in [2.45, 2.75) is 214 Å². The molecule has 0 heterocycles. The molecule has 240 valence electrons. The van der Waals surface area contributed by atoms with E-state index < -0.39 is 25.7 Å². The summed E-state index contributed by atoms with van der Waals surface area (Å²) in [6.45, 7) is 51.3. The van der Waals surface area contributed by atoms with Crippen LogP contribution in [0.15, 0.2) is 0 Å². The van der Waals surface area contributed by atoms with Crippen LogP contribution in [0.3, 0.4) is 0 Å². The summed E-state index contributed by atoms with van der Waals surface area (Å²) >= 11 is 0. The van der Waals surface area contributed by atoms with Gasteiger partial charge in [-0.25, -0.2) is 0 Å². The Kier molecular flexibility index (Phi) is 23.4. The minimum absolute atomic E-state index is 0.281.